The Balaban J connectivity index is 0.000000382. The van der Waals surface area contributed by atoms with Crippen molar-refractivity contribution in [1.29, 1.82) is 0 Å². The molecule has 4 heteroatoms. The van der Waals surface area contributed by atoms with E-state index >= 15 is 0 Å². The Hall–Kier alpha value is -1.91. The molecule has 0 atom stereocenters. The molecule has 1 aromatic rings. The molecule has 0 bridgehead atoms. The molecule has 1 aliphatic rings. The van der Waals surface area contributed by atoms with Gasteiger partial charge in [-0.15, -0.1) is 0 Å². The van der Waals surface area contributed by atoms with E-state index in [1.165, 1.54) is 6.07 Å². The van der Waals surface area contributed by atoms with Crippen LogP contribution in [-0.4, -0.2) is 7.05 Å². The number of rotatable bonds is 3. The van der Waals surface area contributed by atoms with Crippen molar-refractivity contribution >= 4 is 0 Å². The molecule has 0 unspecified atom stereocenters. The second kappa shape index (κ2) is 9.92. The van der Waals surface area contributed by atoms with Gasteiger partial charge in [0.2, 0.25) is 0 Å². The number of hydrogen-bond acceptors (Lipinski definition) is 3. The number of hydrogen-bond donors (Lipinski definition) is 3. The molecule has 1 aromatic carbocycles. The number of halogens is 1. The third-order valence-corrected chi connectivity index (χ3v) is 3.26. The molecule has 2 rings (SSSR count). The second-order valence-electron chi connectivity index (χ2n) is 4.66. The van der Waals surface area contributed by atoms with Crippen LogP contribution in [0.4, 0.5) is 4.39 Å². The fourth-order valence-corrected chi connectivity index (χ4v) is 1.80. The quantitative estimate of drug-likeness (QED) is 0.802. The van der Waals surface area contributed by atoms with E-state index in [0.717, 1.165) is 28.0 Å². The highest BCUT2D eigenvalue weighted by molar-refractivity contribution is 5.65. The lowest BCUT2D eigenvalue weighted by molar-refractivity contribution is 0.600. The average Bonchev–Trinajstić information content (AvgIpc) is 2.57. The van der Waals surface area contributed by atoms with Crippen LogP contribution < -0.4 is 16.8 Å². The fraction of sp³-hybridized carbons (Fsp3) is 0.333. The minimum atomic E-state index is -0.179. The zero-order valence-electron chi connectivity index (χ0n) is 14.1. The van der Waals surface area contributed by atoms with E-state index in [1.54, 1.807) is 19.2 Å². The summed E-state index contributed by atoms with van der Waals surface area (Å²) in [7, 11) is 1.79. The van der Waals surface area contributed by atoms with Crippen LogP contribution in [0.15, 0.2) is 53.8 Å². The normalized spacial score (nSPS) is 12.8. The minimum Gasteiger partial charge on any atom is -0.398 e. The summed E-state index contributed by atoms with van der Waals surface area (Å²) in [6.07, 6.45) is 0. The van der Waals surface area contributed by atoms with E-state index < -0.39 is 0 Å². The number of nitrogens with one attached hydrogen (secondary N) is 1. The monoisotopic (exact) mass is 305 g/mol. The molecule has 0 heterocycles. The average molecular weight is 305 g/mol. The maximum atomic E-state index is 13.0. The molecule has 1 aliphatic carbocycles. The van der Waals surface area contributed by atoms with Crippen molar-refractivity contribution in [2.45, 2.75) is 33.9 Å². The highest BCUT2D eigenvalue weighted by atomic mass is 19.1. The van der Waals surface area contributed by atoms with Crippen LogP contribution in [-0.2, 0) is 13.1 Å². The molecule has 22 heavy (non-hydrogen) atoms. The summed E-state index contributed by atoms with van der Waals surface area (Å²) in [6, 6.07) is 4.94. The number of benzene rings is 1. The molecule has 0 radical (unpaired) electrons. The molecule has 0 saturated carbocycles. The third-order valence-electron chi connectivity index (χ3n) is 3.26. The van der Waals surface area contributed by atoms with Crippen LogP contribution in [0.1, 0.15) is 31.9 Å². The predicted molar refractivity (Wildman–Crippen MR) is 93.6 cm³/mol. The lowest BCUT2D eigenvalue weighted by Gasteiger charge is -2.22. The van der Waals surface area contributed by atoms with Gasteiger partial charge < -0.3 is 16.8 Å². The van der Waals surface area contributed by atoms with Crippen LogP contribution in [0.2, 0.25) is 0 Å². The lowest BCUT2D eigenvalue weighted by Crippen LogP contribution is -2.15. The summed E-state index contributed by atoms with van der Waals surface area (Å²) in [4.78, 5) is 0. The van der Waals surface area contributed by atoms with Crippen LogP contribution >= 0.6 is 0 Å². The number of allylic oxidation sites excluding steroid dienone is 2. The Labute approximate surface area is 133 Å². The Bertz CT molecular complexity index is 537. The van der Waals surface area contributed by atoms with Gasteiger partial charge in [-0.3, -0.25) is 0 Å². The maximum absolute atomic E-state index is 13.0. The maximum Gasteiger partial charge on any atom is 0.127 e. The molecular formula is C18H28FN3. The summed E-state index contributed by atoms with van der Waals surface area (Å²) in [5.41, 5.74) is 16.3. The van der Waals surface area contributed by atoms with E-state index in [-0.39, 0.29) is 5.82 Å². The fourth-order valence-electron chi connectivity index (χ4n) is 1.80. The number of nitrogens with two attached hydrogens (primary N) is 2. The second-order valence-corrected chi connectivity index (χ2v) is 4.66. The Morgan fingerprint density at radius 1 is 1.18 bits per heavy atom. The Kier molecular flexibility index (Phi) is 9.06. The van der Waals surface area contributed by atoms with Crippen molar-refractivity contribution in [1.82, 2.24) is 5.32 Å². The Morgan fingerprint density at radius 2 is 1.77 bits per heavy atom. The van der Waals surface area contributed by atoms with Crippen molar-refractivity contribution < 1.29 is 4.39 Å². The first-order valence-electron chi connectivity index (χ1n) is 7.39. The molecule has 0 saturated heterocycles. The SMILES string of the molecule is C=C1C(=C)C(N)=C1C.CC.CNCc1cc(CN)ccc1F. The van der Waals surface area contributed by atoms with Crippen LogP contribution in [0, 0.1) is 5.82 Å². The van der Waals surface area contributed by atoms with Gasteiger partial charge in [-0.25, -0.2) is 4.39 Å². The zero-order valence-corrected chi connectivity index (χ0v) is 14.1. The molecule has 5 N–H and O–H groups in total. The van der Waals surface area contributed by atoms with E-state index in [4.69, 9.17) is 11.5 Å². The predicted octanol–water partition coefficient (Wildman–Crippen LogP) is 3.38. The van der Waals surface area contributed by atoms with E-state index in [9.17, 15) is 4.39 Å². The van der Waals surface area contributed by atoms with Crippen LogP contribution in [0.25, 0.3) is 0 Å². The van der Waals surface area contributed by atoms with Crippen molar-refractivity contribution in [3.63, 3.8) is 0 Å². The van der Waals surface area contributed by atoms with Gasteiger partial charge >= 0.3 is 0 Å². The molecule has 0 aromatic heterocycles. The highest BCUT2D eigenvalue weighted by Crippen LogP contribution is 2.32. The smallest absolute Gasteiger partial charge is 0.127 e. The van der Waals surface area contributed by atoms with Crippen molar-refractivity contribution in [2.75, 3.05) is 7.05 Å². The molecule has 0 aliphatic heterocycles. The van der Waals surface area contributed by atoms with Crippen molar-refractivity contribution in [3.05, 3.63) is 70.7 Å². The van der Waals surface area contributed by atoms with Gasteiger partial charge in [0.05, 0.1) is 0 Å². The Morgan fingerprint density at radius 3 is 2.14 bits per heavy atom. The summed E-state index contributed by atoms with van der Waals surface area (Å²) in [5.74, 6) is -0.179. The molecular weight excluding hydrogens is 277 g/mol. The van der Waals surface area contributed by atoms with E-state index in [1.807, 2.05) is 20.8 Å². The van der Waals surface area contributed by atoms with Crippen LogP contribution in [0.3, 0.4) is 0 Å². The summed E-state index contributed by atoms with van der Waals surface area (Å²) in [6.45, 7) is 14.4. The molecule has 0 spiro atoms. The van der Waals surface area contributed by atoms with Gasteiger partial charge in [0.1, 0.15) is 5.82 Å². The topological polar surface area (TPSA) is 64.1 Å². The summed E-state index contributed by atoms with van der Waals surface area (Å²) < 4.78 is 13.0. The summed E-state index contributed by atoms with van der Waals surface area (Å²) in [5, 5.41) is 2.90. The minimum absolute atomic E-state index is 0.179. The molecule has 0 amide bonds. The van der Waals surface area contributed by atoms with Crippen molar-refractivity contribution in [2.24, 2.45) is 11.5 Å². The van der Waals surface area contributed by atoms with E-state index in [2.05, 4.69) is 18.5 Å². The first-order chi connectivity index (χ1) is 10.4. The van der Waals surface area contributed by atoms with E-state index in [0.29, 0.717) is 18.7 Å². The first kappa shape index (κ1) is 20.1. The molecule has 3 nitrogen and oxygen atoms in total. The standard InChI is InChI=1S/C9H13FN2.C7H9N.C2H6/c1-12-6-8-4-7(5-11)2-3-9(8)10;1-4-5(2)7(8)6(4)3;1-2/h2-4,12H,5-6,11H2,1H3;1-2,8H2,3H3;1-2H3. The largest absolute Gasteiger partial charge is 0.398 e. The molecule has 122 valence electrons. The molecule has 0 fully saturated rings. The van der Waals surface area contributed by atoms with Gasteiger partial charge in [0.15, 0.2) is 0 Å². The van der Waals surface area contributed by atoms with Crippen LogP contribution in [0.5, 0.6) is 0 Å². The van der Waals surface area contributed by atoms with Gasteiger partial charge in [0, 0.05) is 24.4 Å². The highest BCUT2D eigenvalue weighted by Gasteiger charge is 2.18. The van der Waals surface area contributed by atoms with Gasteiger partial charge in [-0.2, -0.15) is 0 Å². The zero-order chi connectivity index (χ0) is 17.3. The third kappa shape index (κ3) is 5.13. The van der Waals surface area contributed by atoms with Gasteiger partial charge in [-0.1, -0.05) is 39.1 Å². The van der Waals surface area contributed by atoms with Gasteiger partial charge in [-0.05, 0) is 42.3 Å². The first-order valence-corrected chi connectivity index (χ1v) is 7.39. The van der Waals surface area contributed by atoms with Gasteiger partial charge in [0.25, 0.3) is 0 Å². The lowest BCUT2D eigenvalue weighted by atomic mass is 9.86. The van der Waals surface area contributed by atoms with Crippen molar-refractivity contribution in [3.8, 4) is 0 Å². The summed E-state index contributed by atoms with van der Waals surface area (Å²) >= 11 is 0.